The number of para-hydroxylation sites is 1. The largest absolute Gasteiger partial charge is 0.451 e. The number of nitrogens with one attached hydrogen (secondary N) is 2. The zero-order valence-electron chi connectivity index (χ0n) is 10.1. The first kappa shape index (κ1) is 11.3. The molecule has 0 radical (unpaired) electrons. The number of furan rings is 1. The summed E-state index contributed by atoms with van der Waals surface area (Å²) < 4.78 is 5.49. The number of hydrogen-bond acceptors (Lipinski definition) is 3. The van der Waals surface area contributed by atoms with E-state index in [9.17, 15) is 4.79 Å². The monoisotopic (exact) mass is 244 g/mol. The van der Waals surface area contributed by atoms with Gasteiger partial charge in [0.15, 0.2) is 5.76 Å². The number of carbonyl (C=O) groups excluding carboxylic acids is 1. The van der Waals surface area contributed by atoms with Crippen LogP contribution in [0.5, 0.6) is 0 Å². The average Bonchev–Trinajstić information content (AvgIpc) is 3.10. The molecule has 1 aliphatic rings. The highest BCUT2D eigenvalue weighted by Crippen LogP contribution is 2.19. The molecule has 0 aliphatic heterocycles. The van der Waals surface area contributed by atoms with E-state index in [4.69, 9.17) is 4.42 Å². The third-order valence-electron chi connectivity index (χ3n) is 3.07. The Bertz CT molecular complexity index is 525. The van der Waals surface area contributed by atoms with Gasteiger partial charge in [-0.2, -0.15) is 0 Å². The maximum Gasteiger partial charge on any atom is 0.287 e. The number of rotatable bonds is 5. The lowest BCUT2D eigenvalue weighted by Crippen LogP contribution is -2.32. The van der Waals surface area contributed by atoms with Crippen molar-refractivity contribution in [2.45, 2.75) is 18.9 Å². The molecule has 1 heterocycles. The second-order valence-corrected chi connectivity index (χ2v) is 4.63. The summed E-state index contributed by atoms with van der Waals surface area (Å²) in [4.78, 5) is 11.8. The Hall–Kier alpha value is -1.81. The van der Waals surface area contributed by atoms with E-state index in [1.807, 2.05) is 24.3 Å². The lowest BCUT2D eigenvalue weighted by molar-refractivity contribution is 0.0928. The van der Waals surface area contributed by atoms with Crippen molar-refractivity contribution in [3.63, 3.8) is 0 Å². The number of hydrogen-bond donors (Lipinski definition) is 2. The van der Waals surface area contributed by atoms with Crippen molar-refractivity contribution < 1.29 is 9.21 Å². The zero-order valence-corrected chi connectivity index (χ0v) is 10.1. The first-order chi connectivity index (χ1) is 8.83. The van der Waals surface area contributed by atoms with Gasteiger partial charge in [-0.1, -0.05) is 18.2 Å². The minimum Gasteiger partial charge on any atom is -0.451 e. The molecule has 0 saturated heterocycles. The number of fused-ring (bicyclic) bond motifs is 1. The highest BCUT2D eigenvalue weighted by Gasteiger charge is 2.19. The molecule has 94 valence electrons. The normalized spacial score (nSPS) is 14.9. The average molecular weight is 244 g/mol. The summed E-state index contributed by atoms with van der Waals surface area (Å²) in [5, 5.41) is 7.15. The standard InChI is InChI=1S/C14H16N2O2/c17-14(16-8-7-15-11-5-6-11)13-9-10-3-1-2-4-12(10)18-13/h1-4,9,11,15H,5-8H2,(H,16,17). The summed E-state index contributed by atoms with van der Waals surface area (Å²) in [5.74, 6) is 0.228. The molecule has 18 heavy (non-hydrogen) atoms. The smallest absolute Gasteiger partial charge is 0.287 e. The van der Waals surface area contributed by atoms with Gasteiger partial charge in [0, 0.05) is 24.5 Å². The third kappa shape index (κ3) is 2.54. The fourth-order valence-electron chi connectivity index (χ4n) is 1.92. The van der Waals surface area contributed by atoms with Gasteiger partial charge in [-0.05, 0) is 25.0 Å². The molecule has 1 fully saturated rings. The lowest BCUT2D eigenvalue weighted by Gasteiger charge is -2.03. The van der Waals surface area contributed by atoms with Crippen LogP contribution in [0.3, 0.4) is 0 Å². The Morgan fingerprint density at radius 2 is 2.11 bits per heavy atom. The second kappa shape index (κ2) is 4.82. The molecule has 0 unspecified atom stereocenters. The van der Waals surface area contributed by atoms with Crippen LogP contribution in [0.25, 0.3) is 11.0 Å². The minimum absolute atomic E-state index is 0.149. The van der Waals surface area contributed by atoms with Crippen LogP contribution < -0.4 is 10.6 Å². The molecule has 1 aliphatic carbocycles. The molecule has 2 aromatic rings. The second-order valence-electron chi connectivity index (χ2n) is 4.63. The summed E-state index contributed by atoms with van der Waals surface area (Å²) in [7, 11) is 0. The lowest BCUT2D eigenvalue weighted by atomic mass is 10.2. The van der Waals surface area contributed by atoms with Crippen molar-refractivity contribution in [2.24, 2.45) is 0 Å². The fourth-order valence-corrected chi connectivity index (χ4v) is 1.92. The molecule has 4 nitrogen and oxygen atoms in total. The first-order valence-corrected chi connectivity index (χ1v) is 6.33. The molecule has 0 spiro atoms. The van der Waals surface area contributed by atoms with Gasteiger partial charge in [-0.15, -0.1) is 0 Å². The Morgan fingerprint density at radius 1 is 1.28 bits per heavy atom. The van der Waals surface area contributed by atoms with Crippen molar-refractivity contribution >= 4 is 16.9 Å². The van der Waals surface area contributed by atoms with Gasteiger partial charge in [0.25, 0.3) is 5.91 Å². The van der Waals surface area contributed by atoms with Crippen molar-refractivity contribution in [1.82, 2.24) is 10.6 Å². The highest BCUT2D eigenvalue weighted by atomic mass is 16.3. The van der Waals surface area contributed by atoms with Crippen molar-refractivity contribution in [3.05, 3.63) is 36.1 Å². The van der Waals surface area contributed by atoms with E-state index >= 15 is 0 Å². The first-order valence-electron chi connectivity index (χ1n) is 6.33. The molecular formula is C14H16N2O2. The van der Waals surface area contributed by atoms with E-state index in [2.05, 4.69) is 10.6 Å². The van der Waals surface area contributed by atoms with Crippen LogP contribution in [-0.2, 0) is 0 Å². The quantitative estimate of drug-likeness (QED) is 0.790. The van der Waals surface area contributed by atoms with Crippen molar-refractivity contribution in [1.29, 1.82) is 0 Å². The molecular weight excluding hydrogens is 228 g/mol. The maximum absolute atomic E-state index is 11.8. The van der Waals surface area contributed by atoms with E-state index in [1.54, 1.807) is 6.07 Å². The molecule has 0 bridgehead atoms. The topological polar surface area (TPSA) is 54.3 Å². The van der Waals surface area contributed by atoms with Gasteiger partial charge in [0.2, 0.25) is 0 Å². The summed E-state index contributed by atoms with van der Waals surface area (Å²) in [6, 6.07) is 10.1. The van der Waals surface area contributed by atoms with Crippen LogP contribution in [-0.4, -0.2) is 25.0 Å². The van der Waals surface area contributed by atoms with Gasteiger partial charge in [0.1, 0.15) is 5.58 Å². The van der Waals surface area contributed by atoms with Gasteiger partial charge < -0.3 is 15.1 Å². The molecule has 3 rings (SSSR count). The van der Waals surface area contributed by atoms with E-state index in [0.29, 0.717) is 18.3 Å². The molecule has 4 heteroatoms. The SMILES string of the molecule is O=C(NCCNC1CC1)c1cc2ccccc2o1. The summed E-state index contributed by atoms with van der Waals surface area (Å²) >= 11 is 0. The van der Waals surface area contributed by atoms with Crippen LogP contribution in [0, 0.1) is 0 Å². The van der Waals surface area contributed by atoms with Crippen molar-refractivity contribution in [2.75, 3.05) is 13.1 Å². The Labute approximate surface area is 105 Å². The Morgan fingerprint density at radius 3 is 2.89 bits per heavy atom. The van der Waals surface area contributed by atoms with Gasteiger partial charge in [0.05, 0.1) is 0 Å². The highest BCUT2D eigenvalue weighted by molar-refractivity contribution is 5.96. The predicted octanol–water partition coefficient (Wildman–Crippen LogP) is 1.91. The summed E-state index contributed by atoms with van der Waals surface area (Å²) in [6.07, 6.45) is 2.52. The zero-order chi connectivity index (χ0) is 12.4. The van der Waals surface area contributed by atoms with Gasteiger partial charge in [-0.25, -0.2) is 0 Å². The van der Waals surface area contributed by atoms with Crippen LogP contribution in [0.15, 0.2) is 34.7 Å². The molecule has 0 atom stereocenters. The van der Waals surface area contributed by atoms with Crippen LogP contribution in [0.1, 0.15) is 23.4 Å². The molecule has 1 aromatic heterocycles. The van der Waals surface area contributed by atoms with E-state index < -0.39 is 0 Å². The summed E-state index contributed by atoms with van der Waals surface area (Å²) in [5.41, 5.74) is 0.749. The van der Waals surface area contributed by atoms with Crippen molar-refractivity contribution in [3.8, 4) is 0 Å². The third-order valence-corrected chi connectivity index (χ3v) is 3.07. The molecule has 1 amide bonds. The fraction of sp³-hybridized carbons (Fsp3) is 0.357. The predicted molar refractivity (Wildman–Crippen MR) is 69.6 cm³/mol. The van der Waals surface area contributed by atoms with E-state index in [-0.39, 0.29) is 5.91 Å². The minimum atomic E-state index is -0.149. The van der Waals surface area contributed by atoms with Gasteiger partial charge >= 0.3 is 0 Å². The number of carbonyl (C=O) groups is 1. The van der Waals surface area contributed by atoms with E-state index in [1.165, 1.54) is 12.8 Å². The van der Waals surface area contributed by atoms with Crippen LogP contribution in [0.2, 0.25) is 0 Å². The molecule has 2 N–H and O–H groups in total. The van der Waals surface area contributed by atoms with Crippen LogP contribution in [0.4, 0.5) is 0 Å². The summed E-state index contributed by atoms with van der Waals surface area (Å²) in [6.45, 7) is 1.45. The number of benzene rings is 1. The Balaban J connectivity index is 1.57. The maximum atomic E-state index is 11.8. The number of amides is 1. The van der Waals surface area contributed by atoms with Crippen LogP contribution >= 0.6 is 0 Å². The molecule has 1 aromatic carbocycles. The Kier molecular flexibility index (Phi) is 3.02. The van der Waals surface area contributed by atoms with Gasteiger partial charge in [-0.3, -0.25) is 4.79 Å². The molecule has 1 saturated carbocycles. The van der Waals surface area contributed by atoms with E-state index in [0.717, 1.165) is 17.5 Å².